The number of carbonyl (C=O) groups excluding carboxylic acids is 10. The van der Waals surface area contributed by atoms with Crippen molar-refractivity contribution in [3.63, 3.8) is 0 Å². The molecule has 41 nitrogen and oxygen atoms in total. The van der Waals surface area contributed by atoms with Gasteiger partial charge in [-0.2, -0.15) is 12.6 Å². The third-order valence-corrected chi connectivity index (χ3v) is 14.9. The average Bonchev–Trinajstić information content (AvgIpc) is 0.919. The van der Waals surface area contributed by atoms with E-state index in [1.807, 2.05) is 5.32 Å². The second-order valence-electron chi connectivity index (χ2n) is 22.2. The highest BCUT2D eigenvalue weighted by Gasteiger charge is 2.37. The number of amides is 10. The zero-order chi connectivity index (χ0) is 74.5. The molecule has 556 valence electrons. The Morgan fingerprint density at radius 3 is 0.898 bits per heavy atom. The van der Waals surface area contributed by atoms with Crippen LogP contribution in [0.15, 0.2) is 24.3 Å². The Labute approximate surface area is 563 Å². The predicted octanol–water partition coefficient (Wildman–Crippen LogP) is -13.9. The Balaban J connectivity index is 3.89. The lowest BCUT2D eigenvalue weighted by molar-refractivity contribution is -0.142. The molecule has 0 saturated carbocycles. The fourth-order valence-electron chi connectivity index (χ4n) is 8.59. The number of carboxylic acids is 3. The predicted molar refractivity (Wildman–Crippen MR) is 330 cm³/mol. The number of hydrogen-bond donors (Lipinski definition) is 29. The molecule has 0 spiro atoms. The van der Waals surface area contributed by atoms with Crippen molar-refractivity contribution >= 4 is 90.1 Å². The summed E-state index contributed by atoms with van der Waals surface area (Å²) < 4.78 is 0. The van der Waals surface area contributed by atoms with Gasteiger partial charge in [0.15, 0.2) is 0 Å². The molecule has 98 heavy (non-hydrogen) atoms. The third-order valence-electron chi connectivity index (χ3n) is 14.5. The maximum atomic E-state index is 14.5. The summed E-state index contributed by atoms with van der Waals surface area (Å²) >= 11 is 3.87. The summed E-state index contributed by atoms with van der Waals surface area (Å²) in [5.74, 6) is -16.6. The maximum absolute atomic E-state index is 14.5. The van der Waals surface area contributed by atoms with Crippen molar-refractivity contribution in [3.8, 4) is 0 Å². The highest BCUT2D eigenvalue weighted by Crippen LogP contribution is 2.13. The first-order chi connectivity index (χ1) is 46.0. The van der Waals surface area contributed by atoms with Crippen molar-refractivity contribution < 1.29 is 154 Å². The van der Waals surface area contributed by atoms with E-state index in [1.54, 1.807) is 12.1 Å². The molecule has 0 aromatic heterocycles. The van der Waals surface area contributed by atoms with Gasteiger partial charge in [0, 0.05) is 64.0 Å². The van der Waals surface area contributed by atoms with Crippen molar-refractivity contribution in [3.05, 3.63) is 35.4 Å². The van der Waals surface area contributed by atoms with Gasteiger partial charge in [-0.1, -0.05) is 24.3 Å². The van der Waals surface area contributed by atoms with Gasteiger partial charge in [-0.25, -0.2) is 4.79 Å². The Bertz CT molecular complexity index is 2750. The van der Waals surface area contributed by atoms with Crippen molar-refractivity contribution in [2.24, 2.45) is 0 Å². The average molecular weight is 1430 g/mol. The SMILES string of the molecule is O=CNCc1ccc(CC(=O)NC(CCC(=O)NCC(O)C(O)C(O)C(O)CO)C(=O)NC(CCC(=O)O)C(=O)NC(CCC(=O)NCC(O)C(O)C(O)C(O)CO)C(=O)NC(CCC(=O)O)C(=O)NC(CCC(=O)NCC(O)C(O)C(O)C(O)CO)C(=O)NC(CS)C(=O)O)cc1. The topological polar surface area (TPSA) is 706 Å². The number of carbonyl (C=O) groups is 13. The van der Waals surface area contributed by atoms with Crippen molar-refractivity contribution in [2.75, 3.05) is 45.2 Å². The zero-order valence-corrected chi connectivity index (χ0v) is 53.4. The van der Waals surface area contributed by atoms with Crippen LogP contribution in [-0.2, 0) is 75.3 Å². The minimum atomic E-state index is -2.20. The van der Waals surface area contributed by atoms with E-state index in [-0.39, 0.29) is 6.54 Å². The molecule has 0 saturated heterocycles. The van der Waals surface area contributed by atoms with Crippen LogP contribution in [0, 0.1) is 0 Å². The molecule has 42 heteroatoms. The van der Waals surface area contributed by atoms with Gasteiger partial charge >= 0.3 is 17.9 Å². The number of aliphatic carboxylic acids is 3. The molecule has 0 radical (unpaired) electrons. The summed E-state index contributed by atoms with van der Waals surface area (Å²) in [6, 6.07) is -5.89. The molecule has 28 N–H and O–H groups in total. The first-order valence-corrected chi connectivity index (χ1v) is 30.8. The van der Waals surface area contributed by atoms with Crippen molar-refractivity contribution in [1.82, 2.24) is 53.2 Å². The van der Waals surface area contributed by atoms with E-state index >= 15 is 0 Å². The van der Waals surface area contributed by atoms with Gasteiger partial charge in [0.25, 0.3) is 0 Å². The van der Waals surface area contributed by atoms with Crippen molar-refractivity contribution in [2.45, 2.75) is 187 Å². The first kappa shape index (κ1) is 88.1. The zero-order valence-electron chi connectivity index (χ0n) is 52.5. The molecule has 18 unspecified atom stereocenters. The van der Waals surface area contributed by atoms with E-state index in [9.17, 15) is 139 Å². The molecule has 1 rings (SSSR count). The Morgan fingerprint density at radius 2 is 0.633 bits per heavy atom. The quantitative estimate of drug-likeness (QED) is 0.0213. The smallest absolute Gasteiger partial charge is 0.327 e. The maximum Gasteiger partial charge on any atom is 0.327 e. The molecular weight excluding hydrogens is 1340 g/mol. The summed E-state index contributed by atoms with van der Waals surface area (Å²) in [7, 11) is 0. The van der Waals surface area contributed by atoms with E-state index in [4.69, 9.17) is 15.3 Å². The number of hydrogen-bond acceptors (Lipinski definition) is 29. The molecule has 0 bridgehead atoms. The summed E-state index contributed by atoms with van der Waals surface area (Å²) in [4.78, 5) is 171. The lowest BCUT2D eigenvalue weighted by Gasteiger charge is -2.28. The molecule has 0 fully saturated rings. The summed E-state index contributed by atoms with van der Waals surface area (Å²) in [5, 5.41) is 199. The van der Waals surface area contributed by atoms with Crippen LogP contribution < -0.4 is 53.2 Å². The largest absolute Gasteiger partial charge is 0.481 e. The number of aliphatic hydroxyl groups is 15. The molecule has 10 amide bonds. The first-order valence-electron chi connectivity index (χ1n) is 30.2. The standard InChI is InChI=1S/C56H90N10O31S/c67-20-36(74)48(88)45(85)33(71)17-58-39(77)10-5-27(61-42(80)15-25-1-3-26(4-2-25)16-57-24-70)51(91)64-30(8-13-43(81)82)53(93)62-28(6-11-40(78)59-18-34(72)46(86)49(89)37(75)21-68)52(92)65-31(9-14-44(83)84)54(94)63-29(55(95)66-32(23-98)56(96)97)7-12-41(79)60-19-35(73)47(87)50(90)38(76)22-69/h1-4,24,27-38,45-50,67-69,71-76,85-90,98H,5-23H2,(H,57,70)(H,58,77)(H,59,78)(H,60,79)(H,61,80)(H,62,93)(H,63,94)(H,64,91)(H,65,92)(H,66,95)(H,81,82)(H,83,84)(H,96,97). The molecule has 1 aromatic carbocycles. The van der Waals surface area contributed by atoms with E-state index in [0.717, 1.165) is 0 Å². The molecule has 0 aliphatic heterocycles. The van der Waals surface area contributed by atoms with Crippen LogP contribution in [0.4, 0.5) is 0 Å². The van der Waals surface area contributed by atoms with Gasteiger partial charge < -0.3 is 145 Å². The van der Waals surface area contributed by atoms with E-state index in [1.165, 1.54) is 12.1 Å². The highest BCUT2D eigenvalue weighted by molar-refractivity contribution is 7.80. The minimum Gasteiger partial charge on any atom is -0.481 e. The number of carboxylic acid groups (broad SMARTS) is 3. The summed E-state index contributed by atoms with van der Waals surface area (Å²) in [5.41, 5.74) is 0.937. The van der Waals surface area contributed by atoms with Crippen LogP contribution in [-0.4, -0.2) is 324 Å². The number of nitrogens with one attached hydrogen (secondary N) is 10. The van der Waals surface area contributed by atoms with E-state index in [0.29, 0.717) is 17.5 Å². The van der Waals surface area contributed by atoms with Gasteiger partial charge in [0.1, 0.15) is 91.2 Å². The summed E-state index contributed by atoms with van der Waals surface area (Å²) in [6.45, 7) is -5.59. The van der Waals surface area contributed by atoms with Crippen LogP contribution in [0.25, 0.3) is 0 Å². The second kappa shape index (κ2) is 46.4. The minimum absolute atomic E-state index is 0.109. The molecule has 0 aliphatic rings. The molecular formula is C56H90N10O31S. The highest BCUT2D eigenvalue weighted by atomic mass is 32.1. The lowest BCUT2D eigenvalue weighted by Crippen LogP contribution is -2.60. The molecule has 18 atom stereocenters. The van der Waals surface area contributed by atoms with Gasteiger partial charge in [-0.05, 0) is 43.2 Å². The van der Waals surface area contributed by atoms with Crippen LogP contribution >= 0.6 is 12.6 Å². The van der Waals surface area contributed by atoms with Gasteiger partial charge in [-0.3, -0.25) is 57.5 Å². The second-order valence-corrected chi connectivity index (χ2v) is 22.6. The lowest BCUT2D eigenvalue weighted by atomic mass is 10.0. The number of thiol groups is 1. The van der Waals surface area contributed by atoms with Crippen LogP contribution in [0.5, 0.6) is 0 Å². The Morgan fingerprint density at radius 1 is 0.367 bits per heavy atom. The third kappa shape index (κ3) is 33.1. The number of benzene rings is 1. The summed E-state index contributed by atoms with van der Waals surface area (Å²) in [6.07, 6.45) is -33.1. The van der Waals surface area contributed by atoms with Crippen LogP contribution in [0.3, 0.4) is 0 Å². The van der Waals surface area contributed by atoms with Gasteiger partial charge in [0.2, 0.25) is 59.6 Å². The van der Waals surface area contributed by atoms with Crippen molar-refractivity contribution in [1.29, 1.82) is 0 Å². The van der Waals surface area contributed by atoms with Crippen LogP contribution in [0.1, 0.15) is 75.3 Å². The normalized spacial score (nSPS) is 16.9. The van der Waals surface area contributed by atoms with E-state index < -0.39 is 296 Å². The molecule has 0 heterocycles. The van der Waals surface area contributed by atoms with Gasteiger partial charge in [-0.15, -0.1) is 0 Å². The van der Waals surface area contributed by atoms with Gasteiger partial charge in [0.05, 0.1) is 44.6 Å². The number of rotatable bonds is 51. The fraction of sp³-hybridized carbons (Fsp3) is 0.661. The number of aliphatic hydroxyl groups excluding tert-OH is 15. The Kier molecular flexibility index (Phi) is 41.7. The fourth-order valence-corrected chi connectivity index (χ4v) is 8.84. The van der Waals surface area contributed by atoms with E-state index in [2.05, 4.69) is 60.5 Å². The van der Waals surface area contributed by atoms with Crippen LogP contribution in [0.2, 0.25) is 0 Å². The molecule has 1 aromatic rings. The monoisotopic (exact) mass is 1430 g/mol. The Hall–Kier alpha value is -7.92. The molecule has 0 aliphatic carbocycles.